The minimum absolute atomic E-state index is 0.0756. The molecule has 8 heteroatoms. The molecule has 4 aromatic rings. The van der Waals surface area contributed by atoms with Crippen molar-refractivity contribution in [2.45, 2.75) is 13.3 Å². The van der Waals surface area contributed by atoms with E-state index in [2.05, 4.69) is 39.9 Å². The minimum atomic E-state index is -0.123. The van der Waals surface area contributed by atoms with E-state index in [4.69, 9.17) is 4.74 Å². The number of hydrogen-bond donors (Lipinski definition) is 2. The van der Waals surface area contributed by atoms with Crippen LogP contribution in [0.4, 0.5) is 0 Å². The zero-order valence-corrected chi connectivity index (χ0v) is 23.2. The Morgan fingerprint density at radius 3 is 2.56 bits per heavy atom. The van der Waals surface area contributed by atoms with Gasteiger partial charge < -0.3 is 24.6 Å². The number of aromatic hydroxyl groups is 1. The number of hydrogen-bond acceptors (Lipinski definition) is 6. The summed E-state index contributed by atoms with van der Waals surface area (Å²) < 4.78 is 5.60. The summed E-state index contributed by atoms with van der Waals surface area (Å²) in [6.07, 6.45) is 4.37. The number of pyridine rings is 1. The van der Waals surface area contributed by atoms with Gasteiger partial charge in [-0.05, 0) is 55.9 Å². The van der Waals surface area contributed by atoms with Crippen molar-refractivity contribution < 1.29 is 14.6 Å². The van der Waals surface area contributed by atoms with Crippen LogP contribution in [0.1, 0.15) is 22.8 Å². The first kappa shape index (κ1) is 26.7. The number of benzene rings is 2. The molecule has 0 aliphatic carbocycles. The molecule has 2 aromatic heterocycles. The van der Waals surface area contributed by atoms with Crippen molar-refractivity contribution in [3.8, 4) is 33.8 Å². The number of aryl methyl sites for hydroxylation is 1. The van der Waals surface area contributed by atoms with Gasteiger partial charge >= 0.3 is 0 Å². The van der Waals surface area contributed by atoms with Crippen LogP contribution in [0.15, 0.2) is 54.9 Å². The zero-order valence-electron chi connectivity index (χ0n) is 23.2. The average Bonchev–Trinajstić information content (AvgIpc) is 3.39. The number of carbonyl (C=O) groups excluding carboxylic acids is 1. The highest BCUT2D eigenvalue weighted by molar-refractivity contribution is 6.00. The number of H-pyrrole nitrogens is 1. The molecular weight excluding hydrogens is 490 g/mol. The van der Waals surface area contributed by atoms with Gasteiger partial charge in [-0.2, -0.15) is 0 Å². The van der Waals surface area contributed by atoms with Crippen LogP contribution in [-0.2, 0) is 6.42 Å². The van der Waals surface area contributed by atoms with Crippen molar-refractivity contribution in [3.63, 3.8) is 0 Å². The van der Waals surface area contributed by atoms with E-state index in [9.17, 15) is 9.90 Å². The highest BCUT2D eigenvalue weighted by atomic mass is 16.5. The Morgan fingerprint density at radius 2 is 1.85 bits per heavy atom. The fraction of sp³-hybridized carbons (Fsp3) is 0.355. The highest BCUT2D eigenvalue weighted by Crippen LogP contribution is 2.37. The quantitative estimate of drug-likeness (QED) is 0.351. The fourth-order valence-electron chi connectivity index (χ4n) is 5.23. The summed E-state index contributed by atoms with van der Waals surface area (Å²) in [4.78, 5) is 28.0. The van der Waals surface area contributed by atoms with Gasteiger partial charge in [-0.25, -0.2) is 4.98 Å². The first-order valence-corrected chi connectivity index (χ1v) is 13.5. The van der Waals surface area contributed by atoms with Gasteiger partial charge in [0, 0.05) is 73.7 Å². The number of phenols is 1. The largest absolute Gasteiger partial charge is 0.507 e. The van der Waals surface area contributed by atoms with E-state index in [1.165, 1.54) is 0 Å². The van der Waals surface area contributed by atoms with E-state index >= 15 is 0 Å². The number of aromatic nitrogens is 2. The van der Waals surface area contributed by atoms with Crippen LogP contribution in [0.3, 0.4) is 0 Å². The molecule has 0 radical (unpaired) electrons. The second-order valence-corrected chi connectivity index (χ2v) is 10.3. The number of likely N-dealkylation sites (N-methyl/N-ethyl adjacent to an activating group) is 1. The number of aromatic amines is 1. The van der Waals surface area contributed by atoms with Crippen LogP contribution in [0, 0.1) is 0 Å². The van der Waals surface area contributed by atoms with E-state index in [0.29, 0.717) is 25.1 Å². The molecule has 2 N–H and O–H groups in total. The smallest absolute Gasteiger partial charge is 0.257 e. The molecular formula is C31H37N5O3. The number of phenolic OH excluding ortho intramolecular Hbond substituents is 1. The molecule has 0 atom stereocenters. The van der Waals surface area contributed by atoms with E-state index in [0.717, 1.165) is 70.8 Å². The van der Waals surface area contributed by atoms with Crippen molar-refractivity contribution in [2.24, 2.45) is 0 Å². The molecule has 1 fully saturated rings. The SMILES string of the molecule is CCc1cc(-c2cnc3[nH]cc(-c4ccccc4OC)c3c2)cc(C(=O)N2CCN(CCN(C)C)CC2)c1O. The van der Waals surface area contributed by atoms with Crippen LogP contribution in [0.2, 0.25) is 0 Å². The summed E-state index contributed by atoms with van der Waals surface area (Å²) in [5, 5.41) is 12.0. The lowest BCUT2D eigenvalue weighted by molar-refractivity contribution is 0.0626. The maximum Gasteiger partial charge on any atom is 0.257 e. The van der Waals surface area contributed by atoms with Gasteiger partial charge in [0.05, 0.1) is 12.7 Å². The van der Waals surface area contributed by atoms with Crippen molar-refractivity contribution >= 4 is 16.9 Å². The summed E-state index contributed by atoms with van der Waals surface area (Å²) in [5.74, 6) is 0.741. The third-order valence-electron chi connectivity index (χ3n) is 7.58. The number of amides is 1. The molecule has 204 valence electrons. The van der Waals surface area contributed by atoms with Gasteiger partial charge in [-0.1, -0.05) is 25.1 Å². The maximum absolute atomic E-state index is 13.6. The van der Waals surface area contributed by atoms with E-state index < -0.39 is 0 Å². The Bertz CT molecular complexity index is 1470. The van der Waals surface area contributed by atoms with Crippen molar-refractivity contribution in [3.05, 3.63) is 66.0 Å². The normalized spacial score (nSPS) is 14.3. The standard InChI is InChI=1S/C31H37N5O3/c1-5-21-16-22(17-26(29(21)37)31(38)36-14-12-35(13-15-36)11-10-34(2)3)23-18-25-27(20-33-30(25)32-19-23)24-8-6-7-9-28(24)39-4/h6-9,16-20,37H,5,10-15H2,1-4H3,(H,32,33). The molecule has 8 nitrogen and oxygen atoms in total. The van der Waals surface area contributed by atoms with Gasteiger partial charge in [-0.3, -0.25) is 9.69 Å². The van der Waals surface area contributed by atoms with Crippen LogP contribution in [0.25, 0.3) is 33.3 Å². The molecule has 2 aromatic carbocycles. The number of piperazine rings is 1. The number of rotatable bonds is 8. The Kier molecular flexibility index (Phi) is 7.86. The Hall–Kier alpha value is -3.88. The highest BCUT2D eigenvalue weighted by Gasteiger charge is 2.26. The number of nitrogens with zero attached hydrogens (tertiary/aromatic N) is 4. The van der Waals surface area contributed by atoms with Crippen molar-refractivity contribution in [1.82, 2.24) is 24.7 Å². The first-order chi connectivity index (χ1) is 18.9. The summed E-state index contributed by atoms with van der Waals surface area (Å²) in [6.45, 7) is 6.94. The number of fused-ring (bicyclic) bond motifs is 1. The van der Waals surface area contributed by atoms with Gasteiger partial charge in [0.2, 0.25) is 0 Å². The molecule has 0 spiro atoms. The van der Waals surface area contributed by atoms with E-state index in [-0.39, 0.29) is 11.7 Å². The zero-order chi connectivity index (χ0) is 27.5. The molecule has 39 heavy (non-hydrogen) atoms. The number of nitrogens with one attached hydrogen (secondary N) is 1. The Balaban J connectivity index is 1.47. The predicted octanol–water partition coefficient (Wildman–Crippen LogP) is 4.49. The molecule has 0 saturated carbocycles. The van der Waals surface area contributed by atoms with Gasteiger partial charge in [0.1, 0.15) is 17.1 Å². The second-order valence-electron chi connectivity index (χ2n) is 10.3. The molecule has 1 amide bonds. The lowest BCUT2D eigenvalue weighted by Crippen LogP contribution is -2.50. The van der Waals surface area contributed by atoms with Crippen LogP contribution in [0.5, 0.6) is 11.5 Å². The molecule has 1 saturated heterocycles. The topological polar surface area (TPSA) is 84.9 Å². The number of carbonyl (C=O) groups is 1. The third-order valence-corrected chi connectivity index (χ3v) is 7.58. The molecule has 1 aliphatic rings. The minimum Gasteiger partial charge on any atom is -0.507 e. The molecule has 0 bridgehead atoms. The maximum atomic E-state index is 13.6. The lowest BCUT2D eigenvalue weighted by Gasteiger charge is -2.35. The van der Waals surface area contributed by atoms with Crippen LogP contribution in [-0.4, -0.2) is 96.2 Å². The Labute approximate surface area is 229 Å². The third kappa shape index (κ3) is 5.48. The summed E-state index contributed by atoms with van der Waals surface area (Å²) >= 11 is 0. The van der Waals surface area contributed by atoms with E-state index in [1.54, 1.807) is 7.11 Å². The molecule has 1 aliphatic heterocycles. The lowest BCUT2D eigenvalue weighted by atomic mass is 9.96. The first-order valence-electron chi connectivity index (χ1n) is 13.5. The summed E-state index contributed by atoms with van der Waals surface area (Å²) in [7, 11) is 5.81. The van der Waals surface area contributed by atoms with Gasteiger partial charge in [0.15, 0.2) is 0 Å². The van der Waals surface area contributed by atoms with Crippen LogP contribution >= 0.6 is 0 Å². The van der Waals surface area contributed by atoms with Gasteiger partial charge in [-0.15, -0.1) is 0 Å². The number of methoxy groups -OCH3 is 1. The molecule has 0 unspecified atom stereocenters. The van der Waals surface area contributed by atoms with Crippen molar-refractivity contribution in [2.75, 3.05) is 60.5 Å². The van der Waals surface area contributed by atoms with E-state index in [1.807, 2.05) is 60.6 Å². The number of ether oxygens (including phenoxy) is 1. The summed E-state index contributed by atoms with van der Waals surface area (Å²) in [6, 6.07) is 13.8. The molecule has 3 heterocycles. The monoisotopic (exact) mass is 527 g/mol. The molecule has 5 rings (SSSR count). The Morgan fingerprint density at radius 1 is 1.08 bits per heavy atom. The summed E-state index contributed by atoms with van der Waals surface area (Å²) in [5.41, 5.74) is 5.59. The van der Waals surface area contributed by atoms with Crippen molar-refractivity contribution in [1.29, 1.82) is 0 Å². The average molecular weight is 528 g/mol. The number of para-hydroxylation sites is 1. The predicted molar refractivity (Wildman–Crippen MR) is 155 cm³/mol. The van der Waals surface area contributed by atoms with Crippen LogP contribution < -0.4 is 4.74 Å². The second kappa shape index (κ2) is 11.5. The fourth-order valence-corrected chi connectivity index (χ4v) is 5.23. The van der Waals surface area contributed by atoms with Gasteiger partial charge in [0.25, 0.3) is 5.91 Å².